The molecule has 0 bridgehead atoms. The highest BCUT2D eigenvalue weighted by Crippen LogP contribution is 2.33. The summed E-state index contributed by atoms with van der Waals surface area (Å²) in [5.74, 6) is 2.43. The minimum Gasteiger partial charge on any atom is -0.338 e. The predicted molar refractivity (Wildman–Crippen MR) is 111 cm³/mol. The molecule has 1 aromatic carbocycles. The second-order valence-electron chi connectivity index (χ2n) is 8.38. The van der Waals surface area contributed by atoms with Gasteiger partial charge in [-0.15, -0.1) is 0 Å². The molecule has 2 fully saturated rings. The Kier molecular flexibility index (Phi) is 4.92. The lowest BCUT2D eigenvalue weighted by Gasteiger charge is -2.33. The number of carbonyl (C=O) groups is 1. The quantitative estimate of drug-likeness (QED) is 0.648. The average molecular weight is 390 g/mol. The van der Waals surface area contributed by atoms with Crippen molar-refractivity contribution in [3.05, 3.63) is 72.1 Å². The van der Waals surface area contributed by atoms with Crippen LogP contribution in [0.15, 0.2) is 55.1 Å². The van der Waals surface area contributed by atoms with Crippen LogP contribution < -0.4 is 0 Å². The number of aromatic nitrogens is 4. The maximum Gasteiger partial charge on any atom is 0.253 e. The molecule has 1 atom stereocenters. The van der Waals surface area contributed by atoms with Gasteiger partial charge in [0.05, 0.1) is 6.54 Å². The van der Waals surface area contributed by atoms with Crippen LogP contribution >= 0.6 is 0 Å². The highest BCUT2D eigenvalue weighted by molar-refractivity contribution is 5.94. The third kappa shape index (κ3) is 4.11. The van der Waals surface area contributed by atoms with Gasteiger partial charge in [0.15, 0.2) is 0 Å². The Morgan fingerprint density at radius 3 is 2.86 bits per heavy atom. The summed E-state index contributed by atoms with van der Waals surface area (Å²) in [5, 5.41) is 4.26. The maximum absolute atomic E-state index is 13.2. The average Bonchev–Trinajstić information content (AvgIpc) is 3.21. The van der Waals surface area contributed by atoms with Gasteiger partial charge in [-0.05, 0) is 55.4 Å². The molecule has 1 aliphatic carbocycles. The topological polar surface area (TPSA) is 56.0 Å². The second kappa shape index (κ2) is 7.85. The normalized spacial score (nSPS) is 19.4. The predicted octanol–water partition coefficient (Wildman–Crippen LogP) is 3.56. The van der Waals surface area contributed by atoms with E-state index in [1.54, 1.807) is 6.20 Å². The van der Waals surface area contributed by atoms with E-state index in [1.165, 1.54) is 12.8 Å². The van der Waals surface area contributed by atoms with E-state index in [4.69, 9.17) is 0 Å². The Bertz CT molecular complexity index is 973. The third-order valence-electron chi connectivity index (χ3n) is 6.05. The highest BCUT2D eigenvalue weighted by atomic mass is 16.2. The van der Waals surface area contributed by atoms with Gasteiger partial charge in [-0.3, -0.25) is 9.48 Å². The van der Waals surface area contributed by atoms with E-state index in [0.717, 1.165) is 55.3 Å². The maximum atomic E-state index is 13.2. The molecular formula is C23H27N5O. The van der Waals surface area contributed by atoms with Crippen molar-refractivity contribution >= 4 is 5.91 Å². The molecule has 1 saturated heterocycles. The zero-order chi connectivity index (χ0) is 19.6. The minimum absolute atomic E-state index is 0.123. The number of imidazole rings is 1. The van der Waals surface area contributed by atoms with Crippen LogP contribution in [0.5, 0.6) is 0 Å². The van der Waals surface area contributed by atoms with Crippen LogP contribution in [0.25, 0.3) is 0 Å². The summed E-state index contributed by atoms with van der Waals surface area (Å²) in [4.78, 5) is 19.9. The Balaban J connectivity index is 1.29. The third-order valence-corrected chi connectivity index (χ3v) is 6.05. The molecule has 0 unspecified atom stereocenters. The van der Waals surface area contributed by atoms with Crippen LogP contribution in [-0.4, -0.2) is 43.2 Å². The van der Waals surface area contributed by atoms with E-state index in [1.807, 2.05) is 52.3 Å². The van der Waals surface area contributed by atoms with Crippen molar-refractivity contribution in [2.24, 2.45) is 5.92 Å². The number of hydrogen-bond donors (Lipinski definition) is 0. The zero-order valence-corrected chi connectivity index (χ0v) is 16.7. The first-order valence-corrected chi connectivity index (χ1v) is 10.6. The summed E-state index contributed by atoms with van der Waals surface area (Å²) in [6.45, 7) is 3.33. The molecule has 29 heavy (non-hydrogen) atoms. The Morgan fingerprint density at radius 1 is 1.10 bits per heavy atom. The number of nitrogens with zero attached hydrogens (tertiary/aromatic N) is 5. The number of rotatable bonds is 6. The molecule has 3 heterocycles. The van der Waals surface area contributed by atoms with Crippen molar-refractivity contribution in [1.82, 2.24) is 24.2 Å². The first-order chi connectivity index (χ1) is 14.3. The molecule has 3 aromatic rings. The molecule has 0 radical (unpaired) electrons. The van der Waals surface area contributed by atoms with E-state index < -0.39 is 0 Å². The second-order valence-corrected chi connectivity index (χ2v) is 8.38. The SMILES string of the molecule is O=C(c1cccc(Cn2cccn2)c1)N1CCC[C@@H](c2nccn2CC2CC2)C1. The van der Waals surface area contributed by atoms with E-state index in [9.17, 15) is 4.79 Å². The van der Waals surface area contributed by atoms with Gasteiger partial charge in [0, 0.05) is 55.9 Å². The number of benzene rings is 1. The number of hydrogen-bond acceptors (Lipinski definition) is 3. The monoisotopic (exact) mass is 389 g/mol. The van der Waals surface area contributed by atoms with Crippen LogP contribution in [-0.2, 0) is 13.1 Å². The number of likely N-dealkylation sites (tertiary alicyclic amines) is 1. The molecule has 6 heteroatoms. The van der Waals surface area contributed by atoms with Gasteiger partial charge in [0.2, 0.25) is 0 Å². The van der Waals surface area contributed by atoms with Crippen LogP contribution in [0.1, 0.15) is 53.3 Å². The van der Waals surface area contributed by atoms with Gasteiger partial charge in [-0.1, -0.05) is 12.1 Å². The first kappa shape index (κ1) is 18.2. The molecule has 1 aliphatic heterocycles. The lowest BCUT2D eigenvalue weighted by molar-refractivity contribution is 0.0703. The van der Waals surface area contributed by atoms with Crippen molar-refractivity contribution in [1.29, 1.82) is 0 Å². The van der Waals surface area contributed by atoms with E-state index >= 15 is 0 Å². The summed E-state index contributed by atoms with van der Waals surface area (Å²) in [5.41, 5.74) is 1.85. The molecule has 0 spiro atoms. The van der Waals surface area contributed by atoms with Crippen LogP contribution in [0.4, 0.5) is 0 Å². The first-order valence-electron chi connectivity index (χ1n) is 10.6. The highest BCUT2D eigenvalue weighted by Gasteiger charge is 2.29. The lowest BCUT2D eigenvalue weighted by Crippen LogP contribution is -2.39. The number of carbonyl (C=O) groups excluding carboxylic acids is 1. The van der Waals surface area contributed by atoms with Crippen molar-refractivity contribution in [2.75, 3.05) is 13.1 Å². The molecule has 5 rings (SSSR count). The standard InChI is InChI=1S/C23H27N5O/c29-23(20-5-1-4-19(14-20)16-28-12-3-9-25-28)27-11-2-6-21(17-27)22-24-10-13-26(22)15-18-7-8-18/h1,3-5,9-10,12-14,18,21H,2,6-8,11,15-17H2/t21-/m1/s1. The lowest BCUT2D eigenvalue weighted by atomic mass is 9.96. The van der Waals surface area contributed by atoms with Gasteiger partial charge < -0.3 is 9.47 Å². The molecule has 1 saturated carbocycles. The van der Waals surface area contributed by atoms with Crippen molar-refractivity contribution in [2.45, 2.75) is 44.7 Å². The Hall–Kier alpha value is -2.89. The molecule has 2 aromatic heterocycles. The van der Waals surface area contributed by atoms with Crippen molar-refractivity contribution in [3.63, 3.8) is 0 Å². The van der Waals surface area contributed by atoms with Crippen LogP contribution in [0.3, 0.4) is 0 Å². The fourth-order valence-electron chi connectivity index (χ4n) is 4.35. The minimum atomic E-state index is 0.123. The van der Waals surface area contributed by atoms with E-state index in [2.05, 4.69) is 20.8 Å². The summed E-state index contributed by atoms with van der Waals surface area (Å²) in [6, 6.07) is 9.85. The zero-order valence-electron chi connectivity index (χ0n) is 16.7. The van der Waals surface area contributed by atoms with Gasteiger partial charge in [0.25, 0.3) is 5.91 Å². The number of piperidine rings is 1. The fraction of sp³-hybridized carbons (Fsp3) is 0.435. The smallest absolute Gasteiger partial charge is 0.253 e. The number of amides is 1. The summed E-state index contributed by atoms with van der Waals surface area (Å²) in [6.07, 6.45) is 12.5. The van der Waals surface area contributed by atoms with Crippen LogP contribution in [0.2, 0.25) is 0 Å². The summed E-state index contributed by atoms with van der Waals surface area (Å²) in [7, 11) is 0. The van der Waals surface area contributed by atoms with E-state index in [-0.39, 0.29) is 5.91 Å². The molecular weight excluding hydrogens is 362 g/mol. The van der Waals surface area contributed by atoms with Gasteiger partial charge in [0.1, 0.15) is 5.82 Å². The molecule has 0 N–H and O–H groups in total. The van der Waals surface area contributed by atoms with Gasteiger partial charge >= 0.3 is 0 Å². The largest absolute Gasteiger partial charge is 0.338 e. The van der Waals surface area contributed by atoms with Gasteiger partial charge in [-0.2, -0.15) is 5.10 Å². The Morgan fingerprint density at radius 2 is 2.03 bits per heavy atom. The molecule has 2 aliphatic rings. The summed E-state index contributed by atoms with van der Waals surface area (Å²) >= 11 is 0. The molecule has 1 amide bonds. The fourth-order valence-corrected chi connectivity index (χ4v) is 4.35. The van der Waals surface area contributed by atoms with Crippen molar-refractivity contribution < 1.29 is 4.79 Å². The molecule has 150 valence electrons. The Labute approximate surface area is 171 Å². The molecule has 6 nitrogen and oxygen atoms in total. The van der Waals surface area contributed by atoms with Gasteiger partial charge in [-0.25, -0.2) is 4.98 Å². The van der Waals surface area contributed by atoms with E-state index in [0.29, 0.717) is 12.5 Å². The summed E-state index contributed by atoms with van der Waals surface area (Å²) < 4.78 is 4.20. The van der Waals surface area contributed by atoms with Crippen molar-refractivity contribution in [3.8, 4) is 0 Å². The van der Waals surface area contributed by atoms with Crippen LogP contribution in [0, 0.1) is 5.92 Å².